The second kappa shape index (κ2) is 6.27. The van der Waals surface area contributed by atoms with Gasteiger partial charge in [-0.15, -0.1) is 0 Å². The van der Waals surface area contributed by atoms with Gasteiger partial charge >= 0.3 is 0 Å². The van der Waals surface area contributed by atoms with Gasteiger partial charge in [-0.2, -0.15) is 0 Å². The van der Waals surface area contributed by atoms with Crippen LogP contribution in [0.2, 0.25) is 0 Å². The Hall–Kier alpha value is -1.87. The van der Waals surface area contributed by atoms with E-state index in [0.29, 0.717) is 6.54 Å². The molecule has 0 spiro atoms. The summed E-state index contributed by atoms with van der Waals surface area (Å²) in [5.74, 6) is 1.92. The molecule has 0 radical (unpaired) electrons. The number of Topliss-reactive ketones (excluding diaryl/α,β-unsaturated/α-hetero) is 1. The van der Waals surface area contributed by atoms with Gasteiger partial charge in [0.2, 0.25) is 0 Å². The average Bonchev–Trinajstić information content (AvgIpc) is 2.85. The second-order valence-electron chi connectivity index (χ2n) is 5.77. The number of hydrogen-bond acceptors (Lipinski definition) is 3. The number of furan rings is 1. The summed E-state index contributed by atoms with van der Waals surface area (Å²) in [5.41, 5.74) is 3.13. The highest BCUT2D eigenvalue weighted by molar-refractivity contribution is 6.00. The Bertz CT molecular complexity index is 642. The summed E-state index contributed by atoms with van der Waals surface area (Å²) in [7, 11) is 1.95. The fraction of sp³-hybridized carbons (Fsp3) is 0.389. The lowest BCUT2D eigenvalue weighted by molar-refractivity contribution is 0.0855. The van der Waals surface area contributed by atoms with Gasteiger partial charge in [0.25, 0.3) is 0 Å². The molecule has 112 valence electrons. The average molecular weight is 285 g/mol. The first-order valence-electron chi connectivity index (χ1n) is 7.25. The summed E-state index contributed by atoms with van der Waals surface area (Å²) in [6, 6.07) is 9.60. The number of nitrogens with zero attached hydrogens (tertiary/aromatic N) is 1. The van der Waals surface area contributed by atoms with Gasteiger partial charge in [-0.05, 0) is 64.1 Å². The van der Waals surface area contributed by atoms with Gasteiger partial charge in [-0.25, -0.2) is 0 Å². The van der Waals surface area contributed by atoms with Crippen molar-refractivity contribution in [2.75, 3.05) is 7.05 Å². The Labute approximate surface area is 126 Å². The van der Waals surface area contributed by atoms with Gasteiger partial charge in [-0.3, -0.25) is 9.69 Å². The lowest BCUT2D eigenvalue weighted by Gasteiger charge is -2.22. The first-order valence-corrected chi connectivity index (χ1v) is 7.25. The summed E-state index contributed by atoms with van der Waals surface area (Å²) in [5, 5.41) is 0. The van der Waals surface area contributed by atoms with E-state index < -0.39 is 0 Å². The Morgan fingerprint density at radius 2 is 1.86 bits per heavy atom. The number of aryl methyl sites for hydroxylation is 3. The maximum absolute atomic E-state index is 12.6. The maximum atomic E-state index is 12.6. The summed E-state index contributed by atoms with van der Waals surface area (Å²) >= 11 is 0. The molecular formula is C18H23NO2. The fourth-order valence-corrected chi connectivity index (χ4v) is 2.29. The number of benzene rings is 1. The summed E-state index contributed by atoms with van der Waals surface area (Å²) < 4.78 is 5.57. The maximum Gasteiger partial charge on any atom is 0.179 e. The molecule has 0 amide bonds. The van der Waals surface area contributed by atoms with Crippen LogP contribution in [0.1, 0.15) is 39.9 Å². The van der Waals surface area contributed by atoms with Crippen LogP contribution >= 0.6 is 0 Å². The van der Waals surface area contributed by atoms with Crippen LogP contribution < -0.4 is 0 Å². The van der Waals surface area contributed by atoms with Crippen molar-refractivity contribution in [1.29, 1.82) is 0 Å². The first-order chi connectivity index (χ1) is 9.88. The Morgan fingerprint density at radius 3 is 2.43 bits per heavy atom. The van der Waals surface area contributed by atoms with E-state index in [1.807, 2.05) is 63.1 Å². The van der Waals surface area contributed by atoms with Crippen LogP contribution in [0.5, 0.6) is 0 Å². The molecule has 1 heterocycles. The van der Waals surface area contributed by atoms with Crippen molar-refractivity contribution in [3.05, 3.63) is 58.5 Å². The molecule has 21 heavy (non-hydrogen) atoms. The molecule has 0 aliphatic carbocycles. The highest BCUT2D eigenvalue weighted by Gasteiger charge is 2.20. The number of ketones is 1. The first kappa shape index (κ1) is 15.5. The normalized spacial score (nSPS) is 12.7. The molecule has 1 aromatic heterocycles. The van der Waals surface area contributed by atoms with Crippen molar-refractivity contribution in [2.24, 2.45) is 0 Å². The lowest BCUT2D eigenvalue weighted by Crippen LogP contribution is -2.35. The number of rotatable bonds is 5. The predicted octanol–water partition coefficient (Wildman–Crippen LogP) is 3.91. The third kappa shape index (κ3) is 3.61. The second-order valence-corrected chi connectivity index (χ2v) is 5.77. The van der Waals surface area contributed by atoms with Crippen LogP contribution in [0, 0.1) is 20.8 Å². The number of likely N-dealkylation sites (N-methyl/N-ethyl adjacent to an activating group) is 1. The van der Waals surface area contributed by atoms with Crippen LogP contribution in [0.4, 0.5) is 0 Å². The zero-order valence-corrected chi connectivity index (χ0v) is 13.4. The number of carbonyl (C=O) groups excluding carboxylic acids is 1. The molecule has 0 aliphatic rings. The minimum Gasteiger partial charge on any atom is -0.465 e. The SMILES string of the molecule is Cc1ccc(CN(C)C(C)C(=O)c2ccc(C)c(C)c2)o1. The molecule has 0 aliphatic heterocycles. The zero-order valence-electron chi connectivity index (χ0n) is 13.4. The van der Waals surface area contributed by atoms with E-state index >= 15 is 0 Å². The van der Waals surface area contributed by atoms with E-state index in [4.69, 9.17) is 4.42 Å². The van der Waals surface area contributed by atoms with E-state index in [1.165, 1.54) is 5.56 Å². The summed E-state index contributed by atoms with van der Waals surface area (Å²) in [4.78, 5) is 14.6. The predicted molar refractivity (Wildman–Crippen MR) is 84.6 cm³/mol. The van der Waals surface area contributed by atoms with Crippen molar-refractivity contribution >= 4 is 5.78 Å². The quantitative estimate of drug-likeness (QED) is 0.781. The molecule has 2 aromatic rings. The van der Waals surface area contributed by atoms with Gasteiger partial charge in [0, 0.05) is 5.56 Å². The molecule has 3 heteroatoms. The topological polar surface area (TPSA) is 33.5 Å². The molecule has 0 N–H and O–H groups in total. The molecule has 0 saturated carbocycles. The van der Waals surface area contributed by atoms with Gasteiger partial charge in [0.05, 0.1) is 12.6 Å². The van der Waals surface area contributed by atoms with Crippen LogP contribution in [0.3, 0.4) is 0 Å². The molecule has 2 rings (SSSR count). The Morgan fingerprint density at radius 1 is 1.14 bits per heavy atom. The van der Waals surface area contributed by atoms with Crippen molar-refractivity contribution in [1.82, 2.24) is 4.90 Å². The minimum atomic E-state index is -0.183. The van der Waals surface area contributed by atoms with Crippen molar-refractivity contribution in [2.45, 2.75) is 40.3 Å². The molecule has 0 fully saturated rings. The smallest absolute Gasteiger partial charge is 0.179 e. The van der Waals surface area contributed by atoms with E-state index in [2.05, 4.69) is 6.92 Å². The van der Waals surface area contributed by atoms with E-state index in [1.54, 1.807) is 0 Å². The molecule has 0 bridgehead atoms. The number of hydrogen-bond donors (Lipinski definition) is 0. The third-order valence-corrected chi connectivity index (χ3v) is 4.03. The van der Waals surface area contributed by atoms with Gasteiger partial charge in [-0.1, -0.05) is 12.1 Å². The largest absolute Gasteiger partial charge is 0.465 e. The van der Waals surface area contributed by atoms with Crippen molar-refractivity contribution < 1.29 is 9.21 Å². The van der Waals surface area contributed by atoms with Crippen LogP contribution in [-0.4, -0.2) is 23.8 Å². The van der Waals surface area contributed by atoms with E-state index in [9.17, 15) is 4.79 Å². The standard InChI is InChI=1S/C18H23NO2/c1-12-6-8-16(10-13(12)2)18(20)15(4)19(5)11-17-9-7-14(3)21-17/h6-10,15H,11H2,1-5H3. The lowest BCUT2D eigenvalue weighted by atomic mass is 10.00. The Kier molecular flexibility index (Phi) is 4.63. The third-order valence-electron chi connectivity index (χ3n) is 4.03. The molecule has 1 unspecified atom stereocenters. The minimum absolute atomic E-state index is 0.142. The molecule has 0 saturated heterocycles. The van der Waals surface area contributed by atoms with Crippen LogP contribution in [0.15, 0.2) is 34.7 Å². The zero-order chi connectivity index (χ0) is 15.6. The highest BCUT2D eigenvalue weighted by atomic mass is 16.3. The monoisotopic (exact) mass is 285 g/mol. The Balaban J connectivity index is 2.08. The van der Waals surface area contributed by atoms with Gasteiger partial charge in [0.1, 0.15) is 11.5 Å². The van der Waals surface area contributed by atoms with E-state index in [0.717, 1.165) is 22.6 Å². The molecular weight excluding hydrogens is 262 g/mol. The van der Waals surface area contributed by atoms with Gasteiger partial charge < -0.3 is 4.42 Å². The summed E-state index contributed by atoms with van der Waals surface area (Å²) in [6.45, 7) is 8.58. The highest BCUT2D eigenvalue weighted by Crippen LogP contribution is 2.16. The van der Waals surface area contributed by atoms with Crippen molar-refractivity contribution in [3.8, 4) is 0 Å². The number of carbonyl (C=O) groups is 1. The van der Waals surface area contributed by atoms with Crippen LogP contribution in [-0.2, 0) is 6.54 Å². The fourth-order valence-electron chi connectivity index (χ4n) is 2.29. The van der Waals surface area contributed by atoms with Crippen molar-refractivity contribution in [3.63, 3.8) is 0 Å². The molecule has 3 nitrogen and oxygen atoms in total. The van der Waals surface area contributed by atoms with Gasteiger partial charge in [0.15, 0.2) is 5.78 Å². The van der Waals surface area contributed by atoms with Crippen LogP contribution in [0.25, 0.3) is 0 Å². The molecule has 1 aromatic carbocycles. The summed E-state index contributed by atoms with van der Waals surface area (Å²) in [6.07, 6.45) is 0. The molecule has 1 atom stereocenters. The van der Waals surface area contributed by atoms with E-state index in [-0.39, 0.29) is 11.8 Å².